The molecule has 0 unspecified atom stereocenters. The Morgan fingerprint density at radius 3 is 3.07 bits per heavy atom. The second kappa shape index (κ2) is 4.91. The molecule has 0 saturated heterocycles. The van der Waals surface area contributed by atoms with Gasteiger partial charge in [-0.1, -0.05) is 24.3 Å². The number of rotatable bonds is 4. The molecule has 1 aromatic carbocycles. The van der Waals surface area contributed by atoms with Crippen LogP contribution in [0.25, 0.3) is 10.9 Å². The van der Waals surface area contributed by atoms with Crippen LogP contribution in [0.5, 0.6) is 0 Å². The second-order valence-corrected chi connectivity index (χ2v) is 3.89. The summed E-state index contributed by atoms with van der Waals surface area (Å²) >= 11 is 1.49. The van der Waals surface area contributed by atoms with E-state index < -0.39 is 0 Å². The molecule has 15 heavy (non-hydrogen) atoms. The lowest BCUT2D eigenvalue weighted by Crippen LogP contribution is -1.98. The Hall–Kier alpha value is -1.39. The zero-order chi connectivity index (χ0) is 10.5. The summed E-state index contributed by atoms with van der Waals surface area (Å²) in [4.78, 5) is 0. The number of nitrogens with one attached hydrogen (secondary N) is 1. The molecule has 3 N–H and O–H groups in total. The maximum Gasteiger partial charge on any atom is 0.117 e. The molecule has 4 heteroatoms. The van der Waals surface area contributed by atoms with Crippen molar-refractivity contribution in [2.24, 2.45) is 5.73 Å². The normalized spacial score (nSPS) is 11.3. The number of hydrogen-bond donors (Lipinski definition) is 2. The molecule has 2 rings (SSSR count). The second-order valence-electron chi connectivity index (χ2n) is 3.12. The first-order chi connectivity index (χ1) is 7.42. The Morgan fingerprint density at radius 1 is 1.33 bits per heavy atom. The van der Waals surface area contributed by atoms with Crippen molar-refractivity contribution in [3.05, 3.63) is 36.4 Å². The molecule has 2 aromatic rings. The van der Waals surface area contributed by atoms with E-state index in [4.69, 9.17) is 5.73 Å². The van der Waals surface area contributed by atoms with Crippen molar-refractivity contribution in [2.45, 2.75) is 0 Å². The summed E-state index contributed by atoms with van der Waals surface area (Å²) in [7, 11) is 0. The fourth-order valence-electron chi connectivity index (χ4n) is 1.35. The minimum absolute atomic E-state index is 0.588. The van der Waals surface area contributed by atoms with Gasteiger partial charge in [-0.15, -0.1) is 0 Å². The molecule has 0 amide bonds. The van der Waals surface area contributed by atoms with Gasteiger partial charge in [-0.3, -0.25) is 0 Å². The van der Waals surface area contributed by atoms with Crippen LogP contribution in [0.4, 0.5) is 5.00 Å². The van der Waals surface area contributed by atoms with Crippen LogP contribution in [0.1, 0.15) is 0 Å². The van der Waals surface area contributed by atoms with Crippen molar-refractivity contribution < 1.29 is 0 Å². The van der Waals surface area contributed by atoms with Crippen LogP contribution in [0.3, 0.4) is 0 Å². The Morgan fingerprint density at radius 2 is 2.20 bits per heavy atom. The minimum Gasteiger partial charge on any atom is -0.372 e. The highest BCUT2D eigenvalue weighted by Gasteiger charge is 2.02. The van der Waals surface area contributed by atoms with Gasteiger partial charge in [-0.2, -0.15) is 4.37 Å². The first-order valence-corrected chi connectivity index (χ1v) is 5.62. The van der Waals surface area contributed by atoms with Gasteiger partial charge in [-0.05, 0) is 23.7 Å². The molecule has 0 bridgehead atoms. The molecule has 1 heterocycles. The molecule has 0 spiro atoms. The number of aromatic nitrogens is 1. The largest absolute Gasteiger partial charge is 0.372 e. The van der Waals surface area contributed by atoms with Crippen LogP contribution in [-0.4, -0.2) is 17.5 Å². The highest BCUT2D eigenvalue weighted by molar-refractivity contribution is 7.11. The molecule has 1 aromatic heterocycles. The van der Waals surface area contributed by atoms with Crippen molar-refractivity contribution in [1.29, 1.82) is 0 Å². The third-order valence-corrected chi connectivity index (χ3v) is 2.90. The Kier molecular flexibility index (Phi) is 3.32. The zero-order valence-corrected chi connectivity index (χ0v) is 9.13. The quantitative estimate of drug-likeness (QED) is 0.775. The molecule has 0 aliphatic rings. The van der Waals surface area contributed by atoms with Crippen LogP contribution >= 0.6 is 11.5 Å². The van der Waals surface area contributed by atoms with E-state index in [2.05, 4.69) is 15.8 Å². The Balaban J connectivity index is 2.11. The molecular formula is C11H13N3S. The maximum atomic E-state index is 5.35. The van der Waals surface area contributed by atoms with Gasteiger partial charge in [0, 0.05) is 18.5 Å². The summed E-state index contributed by atoms with van der Waals surface area (Å²) in [5.41, 5.74) is 6.40. The minimum atomic E-state index is 0.588. The van der Waals surface area contributed by atoms with Gasteiger partial charge in [-0.25, -0.2) is 0 Å². The van der Waals surface area contributed by atoms with Crippen LogP contribution < -0.4 is 11.1 Å². The third kappa shape index (κ3) is 2.34. The number of nitrogens with two attached hydrogens (primary N) is 1. The van der Waals surface area contributed by atoms with Gasteiger partial charge in [0.2, 0.25) is 0 Å². The summed E-state index contributed by atoms with van der Waals surface area (Å²) in [5.74, 6) is 0. The summed E-state index contributed by atoms with van der Waals surface area (Å²) in [6.07, 6.45) is 3.96. The Bertz CT molecular complexity index is 462. The third-order valence-electron chi connectivity index (χ3n) is 2.07. The van der Waals surface area contributed by atoms with Gasteiger partial charge in [0.05, 0.1) is 5.52 Å². The van der Waals surface area contributed by atoms with Crippen molar-refractivity contribution in [1.82, 2.24) is 4.37 Å². The van der Waals surface area contributed by atoms with Crippen molar-refractivity contribution >= 4 is 27.4 Å². The highest BCUT2D eigenvalue weighted by atomic mass is 32.1. The molecule has 0 radical (unpaired) electrons. The molecule has 0 aliphatic heterocycles. The van der Waals surface area contributed by atoms with Crippen LogP contribution in [0.2, 0.25) is 0 Å². The molecule has 0 saturated carbocycles. The number of anilines is 1. The zero-order valence-electron chi connectivity index (χ0n) is 8.31. The van der Waals surface area contributed by atoms with E-state index >= 15 is 0 Å². The predicted octanol–water partition coefficient (Wildman–Crippen LogP) is 2.22. The van der Waals surface area contributed by atoms with E-state index in [0.29, 0.717) is 6.54 Å². The van der Waals surface area contributed by atoms with Crippen LogP contribution in [0, 0.1) is 0 Å². The SMILES string of the molecule is NC/C=C/CNc1snc2ccccc12. The van der Waals surface area contributed by atoms with Crippen molar-refractivity contribution in [2.75, 3.05) is 18.4 Å². The topological polar surface area (TPSA) is 50.9 Å². The lowest BCUT2D eigenvalue weighted by molar-refractivity contribution is 1.23. The van der Waals surface area contributed by atoms with E-state index in [1.807, 2.05) is 30.4 Å². The van der Waals surface area contributed by atoms with Gasteiger partial charge in [0.15, 0.2) is 0 Å². The number of benzene rings is 1. The van der Waals surface area contributed by atoms with E-state index in [-0.39, 0.29) is 0 Å². The van der Waals surface area contributed by atoms with Crippen molar-refractivity contribution in [3.63, 3.8) is 0 Å². The predicted molar refractivity (Wildman–Crippen MR) is 66.3 cm³/mol. The first kappa shape index (κ1) is 10.1. The molecular weight excluding hydrogens is 206 g/mol. The smallest absolute Gasteiger partial charge is 0.117 e. The average molecular weight is 219 g/mol. The fourth-order valence-corrected chi connectivity index (χ4v) is 2.12. The Labute approximate surface area is 92.8 Å². The van der Waals surface area contributed by atoms with E-state index in [0.717, 1.165) is 17.1 Å². The standard InChI is InChI=1S/C11H13N3S/c12-7-3-4-8-13-11-9-5-1-2-6-10(9)14-15-11/h1-6,13H,7-8,12H2/b4-3+. The van der Waals surface area contributed by atoms with Gasteiger partial charge in [0.1, 0.15) is 5.00 Å². The fraction of sp³-hybridized carbons (Fsp3) is 0.182. The summed E-state index contributed by atoms with van der Waals surface area (Å²) in [6, 6.07) is 8.12. The number of fused-ring (bicyclic) bond motifs is 1. The maximum absolute atomic E-state index is 5.35. The van der Waals surface area contributed by atoms with Crippen molar-refractivity contribution in [3.8, 4) is 0 Å². The van der Waals surface area contributed by atoms with E-state index in [1.165, 1.54) is 16.9 Å². The van der Waals surface area contributed by atoms with E-state index in [1.54, 1.807) is 0 Å². The van der Waals surface area contributed by atoms with Gasteiger partial charge >= 0.3 is 0 Å². The summed E-state index contributed by atoms with van der Waals surface area (Å²) in [6.45, 7) is 1.38. The highest BCUT2D eigenvalue weighted by Crippen LogP contribution is 2.26. The molecule has 0 atom stereocenters. The van der Waals surface area contributed by atoms with Gasteiger partial charge < -0.3 is 11.1 Å². The lowest BCUT2D eigenvalue weighted by Gasteiger charge is -1.98. The summed E-state index contributed by atoms with van der Waals surface area (Å²) < 4.78 is 4.35. The number of hydrogen-bond acceptors (Lipinski definition) is 4. The monoisotopic (exact) mass is 219 g/mol. The lowest BCUT2D eigenvalue weighted by atomic mass is 10.2. The van der Waals surface area contributed by atoms with Crippen LogP contribution in [-0.2, 0) is 0 Å². The van der Waals surface area contributed by atoms with E-state index in [9.17, 15) is 0 Å². The average Bonchev–Trinajstić information content (AvgIpc) is 2.68. The molecule has 0 fully saturated rings. The van der Waals surface area contributed by atoms with Gasteiger partial charge in [0.25, 0.3) is 0 Å². The molecule has 3 nitrogen and oxygen atoms in total. The molecule has 78 valence electrons. The van der Waals surface area contributed by atoms with Crippen LogP contribution in [0.15, 0.2) is 36.4 Å². The first-order valence-electron chi connectivity index (χ1n) is 4.85. The molecule has 0 aliphatic carbocycles. The number of nitrogens with zero attached hydrogens (tertiary/aromatic N) is 1. The summed E-state index contributed by atoms with van der Waals surface area (Å²) in [5, 5.41) is 5.62.